The van der Waals surface area contributed by atoms with E-state index in [4.69, 9.17) is 0 Å². The van der Waals surface area contributed by atoms with E-state index in [0.29, 0.717) is 0 Å². The van der Waals surface area contributed by atoms with Crippen molar-refractivity contribution in [3.05, 3.63) is 40.6 Å². The van der Waals surface area contributed by atoms with E-state index in [1.165, 1.54) is 5.56 Å². The van der Waals surface area contributed by atoms with E-state index in [1.54, 1.807) is 6.33 Å². The van der Waals surface area contributed by atoms with Gasteiger partial charge in [0.2, 0.25) is 0 Å². The molecular formula is C14H17BrN4. The van der Waals surface area contributed by atoms with Crippen LogP contribution in [0.4, 0.5) is 17.3 Å². The molecule has 19 heavy (non-hydrogen) atoms. The van der Waals surface area contributed by atoms with Gasteiger partial charge in [-0.3, -0.25) is 0 Å². The maximum atomic E-state index is 4.37. The van der Waals surface area contributed by atoms with Gasteiger partial charge in [0.05, 0.1) is 0 Å². The fourth-order valence-corrected chi connectivity index (χ4v) is 2.55. The molecule has 0 aliphatic rings. The molecule has 0 radical (unpaired) electrons. The topological polar surface area (TPSA) is 41.1 Å². The average Bonchev–Trinajstić information content (AvgIpc) is 2.41. The summed E-state index contributed by atoms with van der Waals surface area (Å²) in [4.78, 5) is 10.7. The van der Waals surface area contributed by atoms with Crippen LogP contribution in [0.5, 0.6) is 0 Å². The van der Waals surface area contributed by atoms with Crippen molar-refractivity contribution < 1.29 is 0 Å². The molecule has 0 atom stereocenters. The van der Waals surface area contributed by atoms with Crippen LogP contribution in [0, 0.1) is 6.92 Å². The minimum atomic E-state index is 0.813. The molecule has 1 aromatic carbocycles. The fraction of sp³-hybridized carbons (Fsp3) is 0.286. The van der Waals surface area contributed by atoms with Crippen LogP contribution < -0.4 is 10.2 Å². The van der Waals surface area contributed by atoms with Crippen molar-refractivity contribution >= 4 is 33.3 Å². The van der Waals surface area contributed by atoms with Crippen molar-refractivity contribution in [2.75, 3.05) is 23.8 Å². The largest absolute Gasteiger partial charge is 0.369 e. The lowest BCUT2D eigenvalue weighted by Gasteiger charge is -2.22. The summed E-state index contributed by atoms with van der Waals surface area (Å²) in [6, 6.07) is 8.23. The smallest absolute Gasteiger partial charge is 0.152 e. The van der Waals surface area contributed by atoms with Crippen molar-refractivity contribution in [1.82, 2.24) is 9.97 Å². The molecule has 0 fully saturated rings. The third kappa shape index (κ3) is 2.87. The summed E-state index contributed by atoms with van der Waals surface area (Å²) in [6.07, 6.45) is 1.58. The van der Waals surface area contributed by atoms with Gasteiger partial charge in [0.1, 0.15) is 16.6 Å². The predicted octanol–water partition coefficient (Wildman–Crippen LogP) is 3.75. The highest BCUT2D eigenvalue weighted by molar-refractivity contribution is 9.10. The van der Waals surface area contributed by atoms with Crippen LogP contribution in [0.2, 0.25) is 0 Å². The number of anilines is 3. The van der Waals surface area contributed by atoms with Crippen LogP contribution in [0.1, 0.15) is 12.5 Å². The van der Waals surface area contributed by atoms with Crippen LogP contribution in [-0.2, 0) is 0 Å². The van der Waals surface area contributed by atoms with E-state index >= 15 is 0 Å². The van der Waals surface area contributed by atoms with Gasteiger partial charge in [-0.25, -0.2) is 9.97 Å². The van der Waals surface area contributed by atoms with Crippen LogP contribution in [-0.4, -0.2) is 23.6 Å². The number of hydrogen-bond acceptors (Lipinski definition) is 4. The summed E-state index contributed by atoms with van der Waals surface area (Å²) < 4.78 is 0.877. The van der Waals surface area contributed by atoms with Crippen LogP contribution in [0.15, 0.2) is 35.1 Å². The Kier molecular flexibility index (Phi) is 4.37. The molecule has 0 spiro atoms. The molecule has 4 nitrogen and oxygen atoms in total. The quantitative estimate of drug-likeness (QED) is 0.931. The number of aromatic nitrogens is 2. The predicted molar refractivity (Wildman–Crippen MR) is 83.1 cm³/mol. The van der Waals surface area contributed by atoms with Gasteiger partial charge >= 0.3 is 0 Å². The van der Waals surface area contributed by atoms with Gasteiger partial charge in [-0.05, 0) is 41.4 Å². The van der Waals surface area contributed by atoms with Gasteiger partial charge in [0.25, 0.3) is 0 Å². The standard InChI is InChI=1S/C14H17BrN4/c1-4-16-13-12(15)14(18-9-17-13)19(3)11-8-6-5-7-10(11)2/h5-9H,4H2,1-3H3,(H,16,17,18). The highest BCUT2D eigenvalue weighted by Crippen LogP contribution is 2.33. The van der Waals surface area contributed by atoms with E-state index in [1.807, 2.05) is 26.1 Å². The Labute approximate surface area is 122 Å². The van der Waals surface area contributed by atoms with Crippen molar-refractivity contribution in [1.29, 1.82) is 0 Å². The molecule has 2 rings (SSSR count). The summed E-state index contributed by atoms with van der Waals surface area (Å²) in [5, 5.41) is 3.21. The molecule has 0 aliphatic carbocycles. The maximum absolute atomic E-state index is 4.37. The molecule has 5 heteroatoms. The first-order valence-corrected chi connectivity index (χ1v) is 6.98. The number of hydrogen-bond donors (Lipinski definition) is 1. The summed E-state index contributed by atoms with van der Waals surface area (Å²) in [5.41, 5.74) is 2.34. The Bertz CT molecular complexity index is 571. The molecule has 1 N–H and O–H groups in total. The van der Waals surface area contributed by atoms with Crippen molar-refractivity contribution in [3.8, 4) is 0 Å². The third-order valence-corrected chi connectivity index (χ3v) is 3.64. The Hall–Kier alpha value is -1.62. The van der Waals surface area contributed by atoms with Gasteiger partial charge < -0.3 is 10.2 Å². The van der Waals surface area contributed by atoms with Crippen LogP contribution in [0.3, 0.4) is 0 Å². The van der Waals surface area contributed by atoms with Crippen molar-refractivity contribution in [3.63, 3.8) is 0 Å². The number of para-hydroxylation sites is 1. The van der Waals surface area contributed by atoms with E-state index in [9.17, 15) is 0 Å². The van der Waals surface area contributed by atoms with E-state index < -0.39 is 0 Å². The first-order chi connectivity index (χ1) is 9.15. The van der Waals surface area contributed by atoms with Gasteiger partial charge in [-0.15, -0.1) is 0 Å². The van der Waals surface area contributed by atoms with Gasteiger partial charge in [0.15, 0.2) is 5.82 Å². The number of nitrogens with one attached hydrogen (secondary N) is 1. The molecule has 0 bridgehead atoms. The number of nitrogens with zero attached hydrogens (tertiary/aromatic N) is 3. The molecule has 1 aromatic heterocycles. The average molecular weight is 321 g/mol. The van der Waals surface area contributed by atoms with Crippen molar-refractivity contribution in [2.24, 2.45) is 0 Å². The first kappa shape index (κ1) is 13.8. The van der Waals surface area contributed by atoms with Gasteiger partial charge in [-0.2, -0.15) is 0 Å². The molecule has 1 heterocycles. The monoisotopic (exact) mass is 320 g/mol. The molecule has 0 saturated carbocycles. The van der Waals surface area contributed by atoms with Crippen LogP contribution >= 0.6 is 15.9 Å². The Morgan fingerprint density at radius 2 is 2.00 bits per heavy atom. The number of benzene rings is 1. The lowest BCUT2D eigenvalue weighted by molar-refractivity contribution is 1.04. The third-order valence-electron chi connectivity index (χ3n) is 2.91. The minimum Gasteiger partial charge on any atom is -0.369 e. The van der Waals surface area contributed by atoms with Crippen LogP contribution in [0.25, 0.3) is 0 Å². The van der Waals surface area contributed by atoms with Gasteiger partial charge in [-0.1, -0.05) is 18.2 Å². The second-order valence-electron chi connectivity index (χ2n) is 4.24. The highest BCUT2D eigenvalue weighted by atomic mass is 79.9. The van der Waals surface area contributed by atoms with E-state index in [-0.39, 0.29) is 0 Å². The maximum Gasteiger partial charge on any atom is 0.152 e. The molecule has 0 unspecified atom stereocenters. The summed E-state index contributed by atoms with van der Waals surface area (Å²) in [7, 11) is 2.01. The Morgan fingerprint density at radius 1 is 1.26 bits per heavy atom. The highest BCUT2D eigenvalue weighted by Gasteiger charge is 2.14. The zero-order valence-corrected chi connectivity index (χ0v) is 12.9. The molecule has 0 amide bonds. The number of aryl methyl sites for hydroxylation is 1. The van der Waals surface area contributed by atoms with E-state index in [2.05, 4.69) is 55.2 Å². The minimum absolute atomic E-state index is 0.813. The SMILES string of the molecule is CCNc1ncnc(N(C)c2ccccc2C)c1Br. The van der Waals surface area contributed by atoms with Crippen molar-refractivity contribution in [2.45, 2.75) is 13.8 Å². The molecule has 0 aliphatic heterocycles. The molecule has 0 saturated heterocycles. The lowest BCUT2D eigenvalue weighted by atomic mass is 10.2. The molecule has 2 aromatic rings. The molecular weight excluding hydrogens is 304 g/mol. The second-order valence-corrected chi connectivity index (χ2v) is 5.03. The fourth-order valence-electron chi connectivity index (χ4n) is 1.94. The first-order valence-electron chi connectivity index (χ1n) is 6.19. The number of rotatable bonds is 4. The summed E-state index contributed by atoms with van der Waals surface area (Å²) >= 11 is 3.58. The molecule has 100 valence electrons. The normalized spacial score (nSPS) is 10.3. The second kappa shape index (κ2) is 6.02. The number of halogens is 1. The summed E-state index contributed by atoms with van der Waals surface area (Å²) in [5.74, 6) is 1.66. The van der Waals surface area contributed by atoms with Gasteiger partial charge in [0, 0.05) is 19.3 Å². The van der Waals surface area contributed by atoms with E-state index in [0.717, 1.165) is 28.3 Å². The lowest BCUT2D eigenvalue weighted by Crippen LogP contribution is -2.14. The Morgan fingerprint density at radius 3 is 2.68 bits per heavy atom. The zero-order valence-electron chi connectivity index (χ0n) is 11.3. The summed E-state index contributed by atoms with van der Waals surface area (Å²) in [6.45, 7) is 4.95. The Balaban J connectivity index is 2.42. The zero-order chi connectivity index (χ0) is 13.8.